The lowest BCUT2D eigenvalue weighted by molar-refractivity contribution is -0.0315. The molecule has 2 rings (SSSR count). The first kappa shape index (κ1) is 12.1. The minimum absolute atomic E-state index is 0.458. The zero-order chi connectivity index (χ0) is 11.8. The normalized spacial score (nSPS) is 18.5. The first-order chi connectivity index (χ1) is 7.52. The molecule has 0 aliphatic heterocycles. The molecular weight excluding hydrogens is 270 g/mol. The molecule has 1 aliphatic rings. The highest BCUT2D eigenvalue weighted by atomic mass is 79.9. The highest BCUT2D eigenvalue weighted by Crippen LogP contribution is 2.30. The second-order valence-electron chi connectivity index (χ2n) is 4.65. The third-order valence-corrected chi connectivity index (χ3v) is 4.32. The van der Waals surface area contributed by atoms with E-state index in [-0.39, 0.29) is 0 Å². The van der Waals surface area contributed by atoms with Crippen molar-refractivity contribution in [2.45, 2.75) is 38.3 Å². The van der Waals surface area contributed by atoms with Crippen LogP contribution in [0.15, 0.2) is 4.47 Å². The number of hydrogen-bond acceptors (Lipinski definition) is 3. The molecule has 1 heterocycles. The SMILES string of the molecule is Cc1nn(C)c(CNCC2(O)CCC2)c1Br. The van der Waals surface area contributed by atoms with Gasteiger partial charge in [-0.2, -0.15) is 5.10 Å². The van der Waals surface area contributed by atoms with Crippen molar-refractivity contribution in [1.82, 2.24) is 15.1 Å². The number of aliphatic hydroxyl groups is 1. The molecule has 2 N–H and O–H groups in total. The Balaban J connectivity index is 1.89. The van der Waals surface area contributed by atoms with Crippen LogP contribution in [-0.4, -0.2) is 27.0 Å². The van der Waals surface area contributed by atoms with E-state index in [1.54, 1.807) is 0 Å². The number of nitrogens with one attached hydrogen (secondary N) is 1. The van der Waals surface area contributed by atoms with Gasteiger partial charge in [0.25, 0.3) is 0 Å². The molecule has 1 saturated carbocycles. The number of halogens is 1. The van der Waals surface area contributed by atoms with Crippen LogP contribution in [0.3, 0.4) is 0 Å². The second-order valence-corrected chi connectivity index (χ2v) is 5.44. The molecule has 4 nitrogen and oxygen atoms in total. The molecule has 1 fully saturated rings. The fourth-order valence-corrected chi connectivity index (χ4v) is 2.52. The van der Waals surface area contributed by atoms with Gasteiger partial charge in [-0.05, 0) is 42.1 Å². The van der Waals surface area contributed by atoms with E-state index in [4.69, 9.17) is 0 Å². The molecule has 0 radical (unpaired) electrons. The lowest BCUT2D eigenvalue weighted by Gasteiger charge is -2.36. The molecule has 1 aromatic rings. The van der Waals surface area contributed by atoms with Gasteiger partial charge in [-0.1, -0.05) is 0 Å². The monoisotopic (exact) mass is 287 g/mol. The Hall–Kier alpha value is -0.390. The van der Waals surface area contributed by atoms with Gasteiger partial charge in [0.05, 0.1) is 21.5 Å². The Morgan fingerprint density at radius 3 is 2.69 bits per heavy atom. The Kier molecular flexibility index (Phi) is 3.37. The second kappa shape index (κ2) is 4.47. The van der Waals surface area contributed by atoms with Crippen molar-refractivity contribution in [2.75, 3.05) is 6.54 Å². The van der Waals surface area contributed by atoms with Crippen molar-refractivity contribution in [3.63, 3.8) is 0 Å². The molecule has 1 aliphatic carbocycles. The van der Waals surface area contributed by atoms with Gasteiger partial charge in [0.2, 0.25) is 0 Å². The van der Waals surface area contributed by atoms with Gasteiger partial charge in [0, 0.05) is 20.1 Å². The minimum atomic E-state index is -0.458. The van der Waals surface area contributed by atoms with E-state index in [0.717, 1.165) is 41.7 Å². The lowest BCUT2D eigenvalue weighted by Crippen LogP contribution is -2.46. The standard InChI is InChI=1S/C11H18BrN3O/c1-8-10(12)9(15(2)14-8)6-13-7-11(16)4-3-5-11/h13,16H,3-7H2,1-2H3. The fourth-order valence-electron chi connectivity index (χ4n) is 2.05. The third kappa shape index (κ3) is 2.31. The average Bonchev–Trinajstić information content (AvgIpc) is 2.42. The van der Waals surface area contributed by atoms with Gasteiger partial charge in [-0.15, -0.1) is 0 Å². The van der Waals surface area contributed by atoms with Gasteiger partial charge in [-0.3, -0.25) is 4.68 Å². The van der Waals surface area contributed by atoms with E-state index in [1.165, 1.54) is 0 Å². The summed E-state index contributed by atoms with van der Waals surface area (Å²) in [6, 6.07) is 0. The summed E-state index contributed by atoms with van der Waals surface area (Å²) in [5.74, 6) is 0. The van der Waals surface area contributed by atoms with Crippen LogP contribution in [-0.2, 0) is 13.6 Å². The van der Waals surface area contributed by atoms with Gasteiger partial charge in [-0.25, -0.2) is 0 Å². The predicted octanol–water partition coefficient (Wildman–Crippen LogP) is 1.50. The molecule has 0 unspecified atom stereocenters. The fraction of sp³-hybridized carbons (Fsp3) is 0.727. The summed E-state index contributed by atoms with van der Waals surface area (Å²) >= 11 is 3.53. The van der Waals surface area contributed by atoms with Crippen molar-refractivity contribution in [3.8, 4) is 0 Å². The van der Waals surface area contributed by atoms with Crippen LogP contribution in [0.2, 0.25) is 0 Å². The first-order valence-electron chi connectivity index (χ1n) is 5.63. The van der Waals surface area contributed by atoms with Gasteiger partial charge < -0.3 is 10.4 Å². The molecule has 1 aromatic heterocycles. The Morgan fingerprint density at radius 2 is 2.25 bits per heavy atom. The third-order valence-electron chi connectivity index (χ3n) is 3.29. The number of rotatable bonds is 4. The molecule has 90 valence electrons. The maximum Gasteiger partial charge on any atom is 0.0771 e. The van der Waals surface area contributed by atoms with Gasteiger partial charge >= 0.3 is 0 Å². The summed E-state index contributed by atoms with van der Waals surface area (Å²) in [6.45, 7) is 3.39. The maximum atomic E-state index is 9.94. The van der Waals surface area contributed by atoms with Crippen LogP contribution in [0.4, 0.5) is 0 Å². The van der Waals surface area contributed by atoms with E-state index in [1.807, 2.05) is 18.7 Å². The van der Waals surface area contributed by atoms with Crippen LogP contribution >= 0.6 is 15.9 Å². The number of aryl methyl sites for hydroxylation is 2. The Bertz CT molecular complexity index is 385. The van der Waals surface area contributed by atoms with Crippen molar-refractivity contribution in [3.05, 3.63) is 15.9 Å². The predicted molar refractivity (Wildman–Crippen MR) is 66.2 cm³/mol. The molecule has 0 saturated heterocycles. The summed E-state index contributed by atoms with van der Waals surface area (Å²) in [5, 5.41) is 17.6. The minimum Gasteiger partial charge on any atom is -0.389 e. The highest BCUT2D eigenvalue weighted by Gasteiger charge is 2.33. The van der Waals surface area contributed by atoms with Crippen molar-refractivity contribution < 1.29 is 5.11 Å². The molecule has 0 bridgehead atoms. The van der Waals surface area contributed by atoms with Gasteiger partial charge in [0.1, 0.15) is 0 Å². The Labute approximate surface area is 104 Å². The maximum absolute atomic E-state index is 9.94. The summed E-state index contributed by atoms with van der Waals surface area (Å²) in [4.78, 5) is 0. The topological polar surface area (TPSA) is 50.1 Å². The molecule has 0 spiro atoms. The summed E-state index contributed by atoms with van der Waals surface area (Å²) < 4.78 is 2.93. The van der Waals surface area contributed by atoms with Crippen LogP contribution in [0.25, 0.3) is 0 Å². The summed E-state index contributed by atoms with van der Waals surface area (Å²) in [5.41, 5.74) is 1.67. The largest absolute Gasteiger partial charge is 0.389 e. The van der Waals surface area contributed by atoms with Crippen molar-refractivity contribution >= 4 is 15.9 Å². The van der Waals surface area contributed by atoms with E-state index in [9.17, 15) is 5.11 Å². The van der Waals surface area contributed by atoms with Crippen LogP contribution < -0.4 is 5.32 Å². The first-order valence-corrected chi connectivity index (χ1v) is 6.42. The van der Waals surface area contributed by atoms with E-state index >= 15 is 0 Å². The number of nitrogens with zero attached hydrogens (tertiary/aromatic N) is 2. The van der Waals surface area contributed by atoms with Crippen molar-refractivity contribution in [2.24, 2.45) is 7.05 Å². The van der Waals surface area contributed by atoms with Crippen LogP contribution in [0.1, 0.15) is 30.7 Å². The molecule has 0 aromatic carbocycles. The van der Waals surface area contributed by atoms with Crippen LogP contribution in [0.5, 0.6) is 0 Å². The average molecular weight is 288 g/mol. The summed E-state index contributed by atoms with van der Waals surface area (Å²) in [7, 11) is 1.94. The molecule has 5 heteroatoms. The quantitative estimate of drug-likeness (QED) is 0.882. The molecular formula is C11H18BrN3O. The van der Waals surface area contributed by atoms with Gasteiger partial charge in [0.15, 0.2) is 0 Å². The number of aromatic nitrogens is 2. The molecule has 0 amide bonds. The van der Waals surface area contributed by atoms with E-state index in [0.29, 0.717) is 6.54 Å². The zero-order valence-corrected chi connectivity index (χ0v) is 11.3. The smallest absolute Gasteiger partial charge is 0.0771 e. The molecule has 0 atom stereocenters. The molecule has 16 heavy (non-hydrogen) atoms. The zero-order valence-electron chi connectivity index (χ0n) is 9.76. The van der Waals surface area contributed by atoms with E-state index < -0.39 is 5.60 Å². The summed E-state index contributed by atoms with van der Waals surface area (Å²) in [6.07, 6.45) is 2.99. The van der Waals surface area contributed by atoms with Crippen LogP contribution in [0, 0.1) is 6.92 Å². The Morgan fingerprint density at radius 1 is 1.56 bits per heavy atom. The van der Waals surface area contributed by atoms with E-state index in [2.05, 4.69) is 26.3 Å². The lowest BCUT2D eigenvalue weighted by atomic mass is 9.80. The number of hydrogen-bond donors (Lipinski definition) is 2. The van der Waals surface area contributed by atoms with Crippen molar-refractivity contribution in [1.29, 1.82) is 0 Å². The highest BCUT2D eigenvalue weighted by molar-refractivity contribution is 9.10.